The lowest BCUT2D eigenvalue weighted by Crippen LogP contribution is -2.48. The Kier molecular flexibility index (Phi) is 6.99. The lowest BCUT2D eigenvalue weighted by Gasteiger charge is -2.33. The van der Waals surface area contributed by atoms with E-state index in [0.29, 0.717) is 16.7 Å². The average molecular weight is 500 g/mol. The number of nitrogens with one attached hydrogen (secondary N) is 1. The molecule has 5 rings (SSSR count). The summed E-state index contributed by atoms with van der Waals surface area (Å²) in [7, 11) is 0. The Morgan fingerprint density at radius 1 is 1.05 bits per heavy atom. The number of aromatic nitrogens is 3. The summed E-state index contributed by atoms with van der Waals surface area (Å²) in [4.78, 5) is 29.4. The van der Waals surface area contributed by atoms with Crippen molar-refractivity contribution in [2.45, 2.75) is 58.2 Å². The molecule has 1 N–H and O–H groups in total. The number of hydrogen-bond acceptors (Lipinski definition) is 4. The van der Waals surface area contributed by atoms with Gasteiger partial charge in [-0.2, -0.15) is 0 Å². The molecule has 2 amide bonds. The van der Waals surface area contributed by atoms with Crippen molar-refractivity contribution in [2.75, 3.05) is 4.90 Å². The third-order valence-electron chi connectivity index (χ3n) is 7.01. The zero-order chi connectivity index (χ0) is 25.9. The van der Waals surface area contributed by atoms with Crippen molar-refractivity contribution in [2.24, 2.45) is 0 Å². The first-order chi connectivity index (χ1) is 17.9. The van der Waals surface area contributed by atoms with E-state index in [4.69, 9.17) is 0 Å². The molecule has 1 unspecified atom stereocenters. The Morgan fingerprint density at radius 3 is 2.57 bits per heavy atom. The second-order valence-electron chi connectivity index (χ2n) is 9.70. The van der Waals surface area contributed by atoms with Crippen LogP contribution in [0.5, 0.6) is 0 Å². The van der Waals surface area contributed by atoms with Gasteiger partial charge in [0.25, 0.3) is 0 Å². The average Bonchev–Trinajstić information content (AvgIpc) is 3.55. The van der Waals surface area contributed by atoms with Gasteiger partial charge in [0, 0.05) is 17.3 Å². The van der Waals surface area contributed by atoms with Crippen LogP contribution in [0.1, 0.15) is 48.4 Å². The summed E-state index contributed by atoms with van der Waals surface area (Å²) in [5.74, 6) is -1.32. The summed E-state index contributed by atoms with van der Waals surface area (Å²) < 4.78 is 16.8. The molecule has 0 spiro atoms. The maximum Gasteiger partial charge on any atom is 0.249 e. The predicted molar refractivity (Wildman–Crippen MR) is 140 cm³/mol. The summed E-state index contributed by atoms with van der Waals surface area (Å²) in [5, 5.41) is 11.4. The van der Waals surface area contributed by atoms with E-state index in [0.717, 1.165) is 36.8 Å². The fraction of sp³-hybridized carbons (Fsp3) is 0.310. The number of rotatable bonds is 7. The van der Waals surface area contributed by atoms with Crippen LogP contribution >= 0.6 is 0 Å². The Hall–Kier alpha value is -4.07. The van der Waals surface area contributed by atoms with Gasteiger partial charge in [0.15, 0.2) is 0 Å². The minimum absolute atomic E-state index is 0.0107. The van der Waals surface area contributed by atoms with Crippen LogP contribution < -0.4 is 10.2 Å². The maximum absolute atomic E-state index is 15.3. The zero-order valence-electron chi connectivity index (χ0n) is 21.0. The van der Waals surface area contributed by atoms with Crippen molar-refractivity contribution in [3.8, 4) is 0 Å². The second-order valence-corrected chi connectivity index (χ2v) is 9.70. The van der Waals surface area contributed by atoms with Crippen LogP contribution in [0.4, 0.5) is 10.1 Å². The number of nitrogens with zero attached hydrogens (tertiary/aromatic N) is 4. The lowest BCUT2D eigenvalue weighted by molar-refractivity contribution is -0.127. The lowest BCUT2D eigenvalue weighted by atomic mass is 10.00. The number of amides is 2. The molecule has 3 aromatic carbocycles. The highest BCUT2D eigenvalue weighted by atomic mass is 19.1. The Bertz CT molecular complexity index is 1440. The van der Waals surface area contributed by atoms with Crippen LogP contribution in [0.15, 0.2) is 66.7 Å². The van der Waals surface area contributed by atoms with Crippen molar-refractivity contribution >= 4 is 28.5 Å². The molecule has 1 atom stereocenters. The quantitative estimate of drug-likeness (QED) is 0.387. The number of para-hydroxylation sites is 1. The standard InChI is InChI=1S/C29H30FN5O2/c1-19-15-16-20(2)26(17-19)35(27(36)18-34-25-14-8-7-13-24(25)32-33-34)28(22-11-5-6-12-23(22)30)29(37)31-21-9-3-4-10-21/h5-8,11-17,21,28H,3-4,9-10,18H2,1-2H3,(H,31,37). The SMILES string of the molecule is Cc1ccc(C)c(N(C(=O)Cn2nnc3ccccc32)C(C(=O)NC2CCCC2)c2ccccc2F)c1. The molecular weight excluding hydrogens is 469 g/mol. The van der Waals surface area contributed by atoms with Gasteiger partial charge < -0.3 is 5.32 Å². The van der Waals surface area contributed by atoms with Gasteiger partial charge in [0.1, 0.15) is 23.9 Å². The highest BCUT2D eigenvalue weighted by Crippen LogP contribution is 2.33. The molecule has 8 heteroatoms. The van der Waals surface area contributed by atoms with Gasteiger partial charge in [-0.3, -0.25) is 14.5 Å². The van der Waals surface area contributed by atoms with Crippen LogP contribution in [0.2, 0.25) is 0 Å². The predicted octanol–water partition coefficient (Wildman–Crippen LogP) is 5.02. The van der Waals surface area contributed by atoms with Gasteiger partial charge in [0.2, 0.25) is 11.8 Å². The van der Waals surface area contributed by atoms with E-state index in [-0.39, 0.29) is 24.1 Å². The van der Waals surface area contributed by atoms with Crippen LogP contribution in [0, 0.1) is 19.7 Å². The second kappa shape index (κ2) is 10.5. The fourth-order valence-corrected chi connectivity index (χ4v) is 5.08. The van der Waals surface area contributed by atoms with Crippen molar-refractivity contribution in [1.82, 2.24) is 20.3 Å². The molecule has 0 bridgehead atoms. The van der Waals surface area contributed by atoms with Crippen molar-refractivity contribution in [3.63, 3.8) is 0 Å². The molecule has 1 heterocycles. The number of fused-ring (bicyclic) bond motifs is 1. The van der Waals surface area contributed by atoms with Crippen LogP contribution in [-0.4, -0.2) is 32.9 Å². The summed E-state index contributed by atoms with van der Waals surface area (Å²) in [6, 6.07) is 18.1. The largest absolute Gasteiger partial charge is 0.351 e. The molecule has 7 nitrogen and oxygen atoms in total. The first-order valence-corrected chi connectivity index (χ1v) is 12.6. The number of halogens is 1. The minimum atomic E-state index is -1.19. The first kappa shape index (κ1) is 24.6. The molecule has 0 saturated heterocycles. The molecule has 190 valence electrons. The zero-order valence-corrected chi connectivity index (χ0v) is 21.0. The molecule has 1 fully saturated rings. The van der Waals surface area contributed by atoms with E-state index in [2.05, 4.69) is 15.6 Å². The summed E-state index contributed by atoms with van der Waals surface area (Å²) >= 11 is 0. The van der Waals surface area contributed by atoms with Crippen molar-refractivity contribution in [1.29, 1.82) is 0 Å². The van der Waals surface area contributed by atoms with Gasteiger partial charge in [0.05, 0.1) is 5.52 Å². The van der Waals surface area contributed by atoms with E-state index in [1.807, 2.05) is 56.3 Å². The Labute approximate surface area is 215 Å². The molecule has 0 aliphatic heterocycles. The molecular formula is C29H30FN5O2. The van der Waals surface area contributed by atoms with Gasteiger partial charge in [-0.05, 0) is 62.1 Å². The maximum atomic E-state index is 15.3. The highest BCUT2D eigenvalue weighted by Gasteiger charge is 2.36. The van der Waals surface area contributed by atoms with Gasteiger partial charge in [-0.1, -0.05) is 60.5 Å². The minimum Gasteiger partial charge on any atom is -0.351 e. The monoisotopic (exact) mass is 499 g/mol. The number of carbonyl (C=O) groups excluding carboxylic acids is 2. The van der Waals surface area contributed by atoms with Gasteiger partial charge >= 0.3 is 0 Å². The van der Waals surface area contributed by atoms with Crippen LogP contribution in [0.3, 0.4) is 0 Å². The van der Waals surface area contributed by atoms with Gasteiger partial charge in [-0.25, -0.2) is 9.07 Å². The highest BCUT2D eigenvalue weighted by molar-refractivity contribution is 6.02. The third kappa shape index (κ3) is 5.09. The summed E-state index contributed by atoms with van der Waals surface area (Å²) in [6.45, 7) is 3.65. The molecule has 1 aliphatic rings. The Balaban J connectivity index is 1.62. The molecule has 37 heavy (non-hydrogen) atoms. The van der Waals surface area contributed by atoms with Crippen molar-refractivity contribution in [3.05, 3.63) is 89.2 Å². The normalized spacial score (nSPS) is 14.6. The Morgan fingerprint density at radius 2 is 1.78 bits per heavy atom. The number of benzene rings is 3. The fourth-order valence-electron chi connectivity index (χ4n) is 5.08. The first-order valence-electron chi connectivity index (χ1n) is 12.6. The smallest absolute Gasteiger partial charge is 0.249 e. The van der Waals surface area contributed by atoms with Crippen LogP contribution in [0.25, 0.3) is 11.0 Å². The number of hydrogen-bond donors (Lipinski definition) is 1. The number of carbonyl (C=O) groups is 2. The third-order valence-corrected chi connectivity index (χ3v) is 7.01. The molecule has 0 radical (unpaired) electrons. The van der Waals surface area contributed by atoms with Crippen molar-refractivity contribution < 1.29 is 14.0 Å². The van der Waals surface area contributed by atoms with E-state index in [1.165, 1.54) is 15.6 Å². The molecule has 1 aliphatic carbocycles. The van der Waals surface area contributed by atoms with E-state index < -0.39 is 17.8 Å². The molecule has 1 aromatic heterocycles. The van der Waals surface area contributed by atoms with Crippen LogP contribution in [-0.2, 0) is 16.1 Å². The van der Waals surface area contributed by atoms with E-state index in [1.54, 1.807) is 18.2 Å². The molecule has 1 saturated carbocycles. The van der Waals surface area contributed by atoms with Gasteiger partial charge in [-0.15, -0.1) is 5.10 Å². The number of anilines is 1. The van der Waals surface area contributed by atoms with E-state index in [9.17, 15) is 9.59 Å². The summed E-state index contributed by atoms with van der Waals surface area (Å²) in [5.41, 5.74) is 3.80. The number of aryl methyl sites for hydroxylation is 2. The van der Waals surface area contributed by atoms with E-state index >= 15 is 4.39 Å². The molecule has 4 aromatic rings. The topological polar surface area (TPSA) is 80.1 Å². The summed E-state index contributed by atoms with van der Waals surface area (Å²) in [6.07, 6.45) is 3.82.